The Hall–Kier alpha value is -4.64. The molecular weight excluding hydrogens is 460 g/mol. The Kier molecular flexibility index (Phi) is 6.03. The first-order valence-electron chi connectivity index (χ1n) is 12.4. The number of carboxylic acids is 1. The van der Waals surface area contributed by atoms with E-state index in [0.717, 1.165) is 51.3 Å². The topological polar surface area (TPSA) is 68.3 Å². The van der Waals surface area contributed by atoms with Crippen LogP contribution in [0, 0.1) is 0 Å². The molecule has 5 nitrogen and oxygen atoms in total. The highest BCUT2D eigenvalue weighted by Gasteiger charge is 2.21. The Balaban J connectivity index is 1.46. The Labute approximate surface area is 215 Å². The van der Waals surface area contributed by atoms with Gasteiger partial charge in [0.2, 0.25) is 0 Å². The van der Waals surface area contributed by atoms with E-state index in [0.29, 0.717) is 13.0 Å². The Bertz CT molecular complexity index is 1650. The average Bonchev–Trinajstić information content (AvgIpc) is 3.45. The maximum atomic E-state index is 11.4. The van der Waals surface area contributed by atoms with Crippen LogP contribution in [0.25, 0.3) is 33.5 Å². The number of hydrogen-bond donors (Lipinski definition) is 1. The van der Waals surface area contributed by atoms with Crippen LogP contribution in [-0.4, -0.2) is 20.6 Å². The van der Waals surface area contributed by atoms with Gasteiger partial charge < -0.3 is 14.1 Å². The summed E-state index contributed by atoms with van der Waals surface area (Å²) in [6.07, 6.45) is 3.20. The van der Waals surface area contributed by atoms with Gasteiger partial charge in [0.15, 0.2) is 0 Å². The second kappa shape index (κ2) is 9.78. The van der Waals surface area contributed by atoms with Gasteiger partial charge in [-0.15, -0.1) is 0 Å². The van der Waals surface area contributed by atoms with Crippen molar-refractivity contribution in [2.45, 2.75) is 25.8 Å². The van der Waals surface area contributed by atoms with Gasteiger partial charge in [-0.3, -0.25) is 4.79 Å². The third kappa shape index (κ3) is 4.64. The SMILES string of the molecule is O=C(O)CCn1c(Cc2ccccc2)nc2cc(-c3c(Cc4ccccc4)cc4cccoc3-4)ccc21. The quantitative estimate of drug-likeness (QED) is 0.250. The molecule has 5 heteroatoms. The third-order valence-electron chi connectivity index (χ3n) is 6.79. The molecule has 182 valence electrons. The molecule has 0 fully saturated rings. The summed E-state index contributed by atoms with van der Waals surface area (Å²) in [6.45, 7) is 0.376. The predicted molar refractivity (Wildman–Crippen MR) is 145 cm³/mol. The van der Waals surface area contributed by atoms with Crippen LogP contribution in [0.3, 0.4) is 0 Å². The molecule has 0 saturated carbocycles. The van der Waals surface area contributed by atoms with Crippen molar-refractivity contribution in [3.63, 3.8) is 0 Å². The van der Waals surface area contributed by atoms with E-state index in [1.54, 1.807) is 6.26 Å². The van der Waals surface area contributed by atoms with Crippen LogP contribution < -0.4 is 0 Å². The average molecular weight is 487 g/mol. The van der Waals surface area contributed by atoms with Crippen molar-refractivity contribution in [3.05, 3.63) is 126 Å². The zero-order chi connectivity index (χ0) is 25.2. The molecule has 2 heterocycles. The van der Waals surface area contributed by atoms with Crippen LogP contribution >= 0.6 is 0 Å². The van der Waals surface area contributed by atoms with E-state index in [1.165, 1.54) is 11.1 Å². The fourth-order valence-corrected chi connectivity index (χ4v) is 5.09. The molecule has 0 radical (unpaired) electrons. The third-order valence-corrected chi connectivity index (χ3v) is 6.79. The van der Waals surface area contributed by atoms with Crippen LogP contribution in [-0.2, 0) is 24.2 Å². The summed E-state index contributed by atoms with van der Waals surface area (Å²) in [5, 5.41) is 9.34. The van der Waals surface area contributed by atoms with Gasteiger partial charge in [0.25, 0.3) is 0 Å². The number of fused-ring (bicyclic) bond motifs is 2. The van der Waals surface area contributed by atoms with Crippen LogP contribution in [0.5, 0.6) is 0 Å². The van der Waals surface area contributed by atoms with Crippen LogP contribution in [0.1, 0.15) is 28.9 Å². The minimum atomic E-state index is -0.820. The zero-order valence-corrected chi connectivity index (χ0v) is 20.3. The Morgan fingerprint density at radius 3 is 2.27 bits per heavy atom. The van der Waals surface area contributed by atoms with Gasteiger partial charge >= 0.3 is 5.97 Å². The van der Waals surface area contributed by atoms with Crippen molar-refractivity contribution in [1.29, 1.82) is 0 Å². The number of benzene rings is 3. The van der Waals surface area contributed by atoms with E-state index >= 15 is 0 Å². The first-order chi connectivity index (χ1) is 18.2. The van der Waals surface area contributed by atoms with Gasteiger partial charge in [-0.05, 0) is 59.0 Å². The highest BCUT2D eigenvalue weighted by atomic mass is 16.4. The molecule has 1 aliphatic heterocycles. The molecule has 4 aromatic rings. The molecule has 3 aromatic carbocycles. The number of aliphatic carboxylic acids is 1. The largest absolute Gasteiger partial charge is 0.481 e. The molecule has 0 spiro atoms. The molecule has 0 amide bonds. The molecule has 6 rings (SSSR count). The number of carboxylic acid groups (broad SMARTS) is 1. The summed E-state index contributed by atoms with van der Waals surface area (Å²) in [5.74, 6) is 0.906. The van der Waals surface area contributed by atoms with Crippen LogP contribution in [0.15, 0.2) is 108 Å². The van der Waals surface area contributed by atoms with Gasteiger partial charge in [-0.2, -0.15) is 0 Å². The van der Waals surface area contributed by atoms with Gasteiger partial charge in [-0.25, -0.2) is 4.98 Å². The molecular formula is C32H26N2O3. The number of aromatic nitrogens is 2. The highest BCUT2D eigenvalue weighted by Crippen LogP contribution is 2.41. The van der Waals surface area contributed by atoms with Gasteiger partial charge in [0.1, 0.15) is 11.6 Å². The molecule has 0 unspecified atom stereocenters. The van der Waals surface area contributed by atoms with Crippen molar-refractivity contribution in [3.8, 4) is 22.5 Å². The normalized spacial score (nSPS) is 11.4. The summed E-state index contributed by atoms with van der Waals surface area (Å²) in [4.78, 5) is 16.4. The van der Waals surface area contributed by atoms with E-state index in [1.807, 2.05) is 34.9 Å². The summed E-state index contributed by atoms with van der Waals surface area (Å²) in [6, 6.07) is 33.0. The van der Waals surface area contributed by atoms with E-state index in [9.17, 15) is 9.90 Å². The second-order valence-corrected chi connectivity index (χ2v) is 9.29. The number of aryl methyl sites for hydroxylation is 1. The van der Waals surface area contributed by atoms with Crippen molar-refractivity contribution >= 4 is 17.0 Å². The van der Waals surface area contributed by atoms with E-state index in [-0.39, 0.29) is 6.42 Å². The number of rotatable bonds is 8. The zero-order valence-electron chi connectivity index (χ0n) is 20.3. The van der Waals surface area contributed by atoms with E-state index in [4.69, 9.17) is 9.40 Å². The smallest absolute Gasteiger partial charge is 0.305 e. The molecule has 2 aliphatic rings. The van der Waals surface area contributed by atoms with E-state index < -0.39 is 5.97 Å². The molecule has 1 aliphatic carbocycles. The lowest BCUT2D eigenvalue weighted by atomic mass is 9.98. The fraction of sp³-hybridized carbons (Fsp3) is 0.125. The minimum absolute atomic E-state index is 0.0442. The monoisotopic (exact) mass is 486 g/mol. The first-order valence-corrected chi connectivity index (χ1v) is 12.4. The van der Waals surface area contributed by atoms with Crippen LogP contribution in [0.2, 0.25) is 0 Å². The van der Waals surface area contributed by atoms with Gasteiger partial charge in [-0.1, -0.05) is 66.7 Å². The maximum Gasteiger partial charge on any atom is 0.305 e. The summed E-state index contributed by atoms with van der Waals surface area (Å²) in [7, 11) is 0. The molecule has 0 bridgehead atoms. The maximum absolute atomic E-state index is 11.4. The summed E-state index contributed by atoms with van der Waals surface area (Å²) >= 11 is 0. The number of carbonyl (C=O) groups is 1. The second-order valence-electron chi connectivity index (χ2n) is 9.29. The lowest BCUT2D eigenvalue weighted by Gasteiger charge is -2.09. The number of nitrogens with zero attached hydrogens (tertiary/aromatic N) is 2. The lowest BCUT2D eigenvalue weighted by molar-refractivity contribution is -0.137. The van der Waals surface area contributed by atoms with Crippen LogP contribution in [0.4, 0.5) is 0 Å². The Morgan fingerprint density at radius 2 is 1.54 bits per heavy atom. The van der Waals surface area contributed by atoms with Gasteiger partial charge in [0.05, 0.1) is 23.7 Å². The molecule has 1 N–H and O–H groups in total. The molecule has 37 heavy (non-hydrogen) atoms. The number of imidazole rings is 1. The van der Waals surface area contributed by atoms with Crippen molar-refractivity contribution in [2.24, 2.45) is 0 Å². The fourth-order valence-electron chi connectivity index (χ4n) is 5.09. The minimum Gasteiger partial charge on any atom is -0.481 e. The highest BCUT2D eigenvalue weighted by molar-refractivity contribution is 5.91. The van der Waals surface area contributed by atoms with Crippen molar-refractivity contribution in [2.75, 3.05) is 0 Å². The standard InChI is InChI=1S/C32H26N2O3/c35-30(36)15-16-34-28-14-13-24(21-27(28)33-29(34)19-23-10-5-2-6-11-23)31-26(18-22-8-3-1-4-9-22)20-25-12-7-17-37-32(25)31/h1-14,17,20-21H,15-16,18-19H2,(H,35,36). The van der Waals surface area contributed by atoms with Crippen molar-refractivity contribution in [1.82, 2.24) is 9.55 Å². The lowest BCUT2D eigenvalue weighted by Crippen LogP contribution is -2.08. The molecule has 0 atom stereocenters. The Morgan fingerprint density at radius 1 is 0.811 bits per heavy atom. The molecule has 1 aromatic heterocycles. The summed E-state index contributed by atoms with van der Waals surface area (Å²) in [5.41, 5.74) is 8.55. The first kappa shape index (κ1) is 22.8. The predicted octanol–water partition coefficient (Wildman–Crippen LogP) is 7.06. The van der Waals surface area contributed by atoms with Gasteiger partial charge in [0, 0.05) is 24.1 Å². The number of hydrogen-bond acceptors (Lipinski definition) is 3. The summed E-state index contributed by atoms with van der Waals surface area (Å²) < 4.78 is 8.05. The van der Waals surface area contributed by atoms with Crippen molar-refractivity contribution < 1.29 is 14.3 Å². The van der Waals surface area contributed by atoms with E-state index in [2.05, 4.69) is 66.7 Å². The molecule has 0 saturated heterocycles.